The van der Waals surface area contributed by atoms with Crippen molar-refractivity contribution in [1.82, 2.24) is 20.4 Å². The van der Waals surface area contributed by atoms with Crippen molar-refractivity contribution in [3.05, 3.63) is 18.0 Å². The van der Waals surface area contributed by atoms with Gasteiger partial charge in [0, 0.05) is 38.5 Å². The fraction of sp³-hybridized carbons (Fsp3) is 0.750. The molecule has 1 rings (SSSR count). The topological polar surface area (TPSA) is 63.5 Å². The molecule has 0 aliphatic carbocycles. The number of hydrogen-bond donors (Lipinski definition) is 2. The van der Waals surface area contributed by atoms with Gasteiger partial charge < -0.3 is 15.4 Å². The summed E-state index contributed by atoms with van der Waals surface area (Å²) in [5.41, 5.74) is 1.11. The Kier molecular flexibility index (Phi) is 8.58. The van der Waals surface area contributed by atoms with Gasteiger partial charge in [-0.3, -0.25) is 4.68 Å². The molecule has 22 heavy (non-hydrogen) atoms. The summed E-state index contributed by atoms with van der Waals surface area (Å²) in [5, 5.41) is 10.8. The van der Waals surface area contributed by atoms with E-state index in [1.807, 2.05) is 26.4 Å². The maximum Gasteiger partial charge on any atom is 0.191 e. The van der Waals surface area contributed by atoms with Crippen molar-refractivity contribution >= 4 is 5.96 Å². The zero-order valence-electron chi connectivity index (χ0n) is 14.6. The van der Waals surface area contributed by atoms with Crippen LogP contribution in [0.4, 0.5) is 0 Å². The molecule has 1 atom stereocenters. The summed E-state index contributed by atoms with van der Waals surface area (Å²) < 4.78 is 7.56. The minimum atomic E-state index is 0.290. The first kappa shape index (κ1) is 18.5. The third-order valence-electron chi connectivity index (χ3n) is 3.37. The Morgan fingerprint density at radius 1 is 1.36 bits per heavy atom. The van der Waals surface area contributed by atoms with Gasteiger partial charge in [-0.1, -0.05) is 13.8 Å². The minimum absolute atomic E-state index is 0.290. The van der Waals surface area contributed by atoms with Crippen LogP contribution >= 0.6 is 0 Å². The molecule has 0 amide bonds. The van der Waals surface area contributed by atoms with E-state index in [1.165, 1.54) is 0 Å². The number of ether oxygens (including phenoxy) is 1. The Hall–Kier alpha value is -1.56. The van der Waals surface area contributed by atoms with Crippen LogP contribution in [-0.4, -0.2) is 41.5 Å². The highest BCUT2D eigenvalue weighted by molar-refractivity contribution is 5.79. The molecular weight excluding hydrogens is 278 g/mol. The number of rotatable bonds is 9. The van der Waals surface area contributed by atoms with Crippen LogP contribution in [0, 0.1) is 5.92 Å². The number of aromatic nitrogens is 2. The van der Waals surface area contributed by atoms with Gasteiger partial charge >= 0.3 is 0 Å². The summed E-state index contributed by atoms with van der Waals surface area (Å²) in [6, 6.07) is 0. The molecule has 0 bridgehead atoms. The highest BCUT2D eigenvalue weighted by Crippen LogP contribution is 2.09. The third-order valence-corrected chi connectivity index (χ3v) is 3.37. The van der Waals surface area contributed by atoms with Gasteiger partial charge in [-0.15, -0.1) is 0 Å². The number of nitrogens with one attached hydrogen (secondary N) is 2. The summed E-state index contributed by atoms with van der Waals surface area (Å²) in [5.74, 6) is 1.36. The molecule has 0 fully saturated rings. The number of hydrogen-bond acceptors (Lipinski definition) is 3. The predicted molar refractivity (Wildman–Crippen MR) is 90.9 cm³/mol. The fourth-order valence-electron chi connectivity index (χ4n) is 2.22. The van der Waals surface area contributed by atoms with Gasteiger partial charge in [0.05, 0.1) is 18.8 Å². The summed E-state index contributed by atoms with van der Waals surface area (Å²) in [4.78, 5) is 4.59. The Balaban J connectivity index is 2.45. The smallest absolute Gasteiger partial charge is 0.191 e. The Morgan fingerprint density at radius 2 is 2.14 bits per heavy atom. The van der Waals surface area contributed by atoms with Crippen LogP contribution in [0.2, 0.25) is 0 Å². The molecule has 1 aromatic rings. The largest absolute Gasteiger partial charge is 0.378 e. The van der Waals surface area contributed by atoms with E-state index in [-0.39, 0.29) is 0 Å². The van der Waals surface area contributed by atoms with Crippen molar-refractivity contribution in [3.8, 4) is 0 Å². The Morgan fingerprint density at radius 3 is 2.68 bits per heavy atom. The average molecular weight is 309 g/mol. The molecule has 1 aromatic heterocycles. The molecule has 0 aliphatic rings. The second kappa shape index (κ2) is 10.2. The average Bonchev–Trinajstić information content (AvgIpc) is 2.89. The molecule has 1 unspecified atom stereocenters. The lowest BCUT2D eigenvalue weighted by molar-refractivity contribution is 0.0258. The van der Waals surface area contributed by atoms with Crippen molar-refractivity contribution in [2.45, 2.75) is 46.8 Å². The first-order valence-corrected chi connectivity index (χ1v) is 8.18. The van der Waals surface area contributed by atoms with E-state index >= 15 is 0 Å². The van der Waals surface area contributed by atoms with Crippen molar-refractivity contribution in [2.75, 3.05) is 19.7 Å². The molecule has 0 spiro atoms. The van der Waals surface area contributed by atoms with Gasteiger partial charge in [0.2, 0.25) is 0 Å². The summed E-state index contributed by atoms with van der Waals surface area (Å²) in [7, 11) is 1.91. The molecule has 0 saturated heterocycles. The first-order chi connectivity index (χ1) is 10.6. The second-order valence-corrected chi connectivity index (χ2v) is 5.67. The fourth-order valence-corrected chi connectivity index (χ4v) is 2.22. The Labute approximate surface area is 134 Å². The Bertz CT molecular complexity index is 441. The monoisotopic (exact) mass is 309 g/mol. The van der Waals surface area contributed by atoms with Gasteiger partial charge in [-0.2, -0.15) is 5.10 Å². The van der Waals surface area contributed by atoms with Gasteiger partial charge in [-0.25, -0.2) is 4.99 Å². The summed E-state index contributed by atoms with van der Waals surface area (Å²) >= 11 is 0. The van der Waals surface area contributed by atoms with Gasteiger partial charge in [0.15, 0.2) is 5.96 Å². The molecule has 2 N–H and O–H groups in total. The number of aryl methyl sites for hydroxylation is 1. The molecule has 0 aliphatic heterocycles. The summed E-state index contributed by atoms with van der Waals surface area (Å²) in [6.45, 7) is 11.6. The second-order valence-electron chi connectivity index (χ2n) is 5.67. The van der Waals surface area contributed by atoms with Crippen LogP contribution in [0.15, 0.2) is 17.4 Å². The van der Waals surface area contributed by atoms with Gasteiger partial charge in [0.25, 0.3) is 0 Å². The van der Waals surface area contributed by atoms with Crippen molar-refractivity contribution in [2.24, 2.45) is 18.0 Å². The van der Waals surface area contributed by atoms with E-state index in [0.29, 0.717) is 18.6 Å². The van der Waals surface area contributed by atoms with E-state index in [0.717, 1.165) is 37.6 Å². The quantitative estimate of drug-likeness (QED) is 0.540. The molecule has 0 saturated carbocycles. The van der Waals surface area contributed by atoms with E-state index in [4.69, 9.17) is 4.74 Å². The third kappa shape index (κ3) is 6.93. The lowest BCUT2D eigenvalue weighted by Gasteiger charge is -2.21. The number of nitrogens with zero attached hydrogens (tertiary/aromatic N) is 3. The van der Waals surface area contributed by atoms with Crippen molar-refractivity contribution in [1.29, 1.82) is 0 Å². The highest BCUT2D eigenvalue weighted by Gasteiger charge is 2.12. The van der Waals surface area contributed by atoms with Gasteiger partial charge in [0.1, 0.15) is 0 Å². The van der Waals surface area contributed by atoms with Crippen LogP contribution in [-0.2, 0) is 18.3 Å². The maximum absolute atomic E-state index is 5.77. The molecule has 126 valence electrons. The van der Waals surface area contributed by atoms with E-state index in [2.05, 4.69) is 41.5 Å². The van der Waals surface area contributed by atoms with Crippen LogP contribution in [0.25, 0.3) is 0 Å². The summed E-state index contributed by atoms with van der Waals surface area (Å²) in [6.07, 6.45) is 5.09. The zero-order valence-corrected chi connectivity index (χ0v) is 14.6. The lowest BCUT2D eigenvalue weighted by atomic mass is 10.0. The van der Waals surface area contributed by atoms with Crippen LogP contribution < -0.4 is 10.6 Å². The normalized spacial score (nSPS) is 13.5. The van der Waals surface area contributed by atoms with Crippen molar-refractivity contribution in [3.63, 3.8) is 0 Å². The van der Waals surface area contributed by atoms with E-state index in [1.54, 1.807) is 4.68 Å². The molecule has 0 radical (unpaired) electrons. The van der Waals surface area contributed by atoms with E-state index < -0.39 is 0 Å². The predicted octanol–water partition coefficient (Wildman–Crippen LogP) is 1.93. The van der Waals surface area contributed by atoms with Gasteiger partial charge in [-0.05, 0) is 26.2 Å². The highest BCUT2D eigenvalue weighted by atomic mass is 16.5. The van der Waals surface area contributed by atoms with E-state index in [9.17, 15) is 0 Å². The molecule has 1 heterocycles. The minimum Gasteiger partial charge on any atom is -0.378 e. The molecular formula is C16H31N5O. The molecule has 6 heteroatoms. The molecule has 6 nitrogen and oxygen atoms in total. The maximum atomic E-state index is 5.77. The standard InChI is InChI=1S/C16H31N5O/c1-6-17-16(19-10-14-11-20-21(5)12-14)18-9-8-15(13(3)4)22-7-2/h11-13,15H,6-10H2,1-5H3,(H2,17,18,19). The number of aliphatic imine (C=N–C) groups is 1. The zero-order chi connectivity index (χ0) is 16.4. The first-order valence-electron chi connectivity index (χ1n) is 8.18. The van der Waals surface area contributed by atoms with Crippen molar-refractivity contribution < 1.29 is 4.74 Å². The van der Waals surface area contributed by atoms with Crippen LogP contribution in [0.5, 0.6) is 0 Å². The van der Waals surface area contributed by atoms with Crippen LogP contribution in [0.1, 0.15) is 39.7 Å². The lowest BCUT2D eigenvalue weighted by Crippen LogP contribution is -2.39. The number of guanidine groups is 1. The SMILES string of the molecule is CCNC(=NCc1cnn(C)c1)NCCC(OCC)C(C)C. The molecule has 0 aromatic carbocycles. The van der Waals surface area contributed by atoms with Crippen LogP contribution in [0.3, 0.4) is 0 Å².